The van der Waals surface area contributed by atoms with Gasteiger partial charge in [-0.1, -0.05) is 35.0 Å². The second-order valence-electron chi connectivity index (χ2n) is 4.95. The Morgan fingerprint density at radius 1 is 1.42 bits per heavy atom. The summed E-state index contributed by atoms with van der Waals surface area (Å²) in [5, 5.41) is 2.99. The third kappa shape index (κ3) is 5.25. The summed E-state index contributed by atoms with van der Waals surface area (Å²) in [5.41, 5.74) is 0.515. The molecule has 1 saturated heterocycles. The first-order valence-electron chi connectivity index (χ1n) is 7.06. The van der Waals surface area contributed by atoms with Gasteiger partial charge in [0, 0.05) is 18.8 Å². The van der Waals surface area contributed by atoms with Crippen LogP contribution < -0.4 is 5.32 Å². The molecule has 1 N–H and O–H groups in total. The SMILES string of the molecule is Cc1nc(NC(=O)COC(=O)CCN2CCSC2=O)c(Cl)cc1Cl. The molecule has 0 saturated carbocycles. The van der Waals surface area contributed by atoms with Gasteiger partial charge in [0.15, 0.2) is 12.4 Å². The van der Waals surface area contributed by atoms with Crippen LogP contribution in [0.15, 0.2) is 6.07 Å². The molecule has 0 radical (unpaired) electrons. The van der Waals surface area contributed by atoms with Crippen LogP contribution in [-0.4, -0.2) is 52.4 Å². The van der Waals surface area contributed by atoms with Crippen LogP contribution in [0.3, 0.4) is 0 Å². The van der Waals surface area contributed by atoms with Crippen molar-refractivity contribution in [1.29, 1.82) is 0 Å². The molecule has 1 aromatic rings. The zero-order valence-corrected chi connectivity index (χ0v) is 15.1. The quantitative estimate of drug-likeness (QED) is 0.749. The molecule has 24 heavy (non-hydrogen) atoms. The van der Waals surface area contributed by atoms with Gasteiger partial charge in [-0.15, -0.1) is 0 Å². The number of aryl methyl sites for hydroxylation is 1. The molecule has 0 atom stereocenters. The third-order valence-corrected chi connectivity index (χ3v) is 4.72. The fourth-order valence-corrected chi connectivity index (χ4v) is 3.14. The van der Waals surface area contributed by atoms with E-state index in [1.54, 1.807) is 11.8 Å². The second-order valence-corrected chi connectivity index (χ2v) is 6.81. The van der Waals surface area contributed by atoms with E-state index in [9.17, 15) is 14.4 Å². The number of carbonyl (C=O) groups excluding carboxylic acids is 3. The van der Waals surface area contributed by atoms with Crippen LogP contribution in [-0.2, 0) is 14.3 Å². The molecular weight excluding hydrogens is 377 g/mol. The number of halogens is 2. The van der Waals surface area contributed by atoms with Gasteiger partial charge >= 0.3 is 5.97 Å². The Morgan fingerprint density at radius 2 is 2.17 bits per heavy atom. The average molecular weight is 392 g/mol. The summed E-state index contributed by atoms with van der Waals surface area (Å²) in [6.07, 6.45) is 0.0403. The maximum absolute atomic E-state index is 11.8. The van der Waals surface area contributed by atoms with E-state index in [2.05, 4.69) is 10.3 Å². The second kappa shape index (κ2) is 8.55. The molecule has 1 fully saturated rings. The molecule has 1 aliphatic rings. The minimum Gasteiger partial charge on any atom is -0.456 e. The molecule has 2 heterocycles. The van der Waals surface area contributed by atoms with E-state index in [1.165, 1.54) is 17.8 Å². The Balaban J connectivity index is 1.75. The van der Waals surface area contributed by atoms with Gasteiger partial charge in [-0.3, -0.25) is 14.4 Å². The Hall–Kier alpha value is -1.51. The largest absolute Gasteiger partial charge is 0.456 e. The maximum Gasteiger partial charge on any atom is 0.308 e. The molecule has 0 aromatic carbocycles. The summed E-state index contributed by atoms with van der Waals surface area (Å²) in [5.74, 6) is -0.238. The highest BCUT2D eigenvalue weighted by atomic mass is 35.5. The van der Waals surface area contributed by atoms with Gasteiger partial charge in [-0.2, -0.15) is 0 Å². The molecule has 0 bridgehead atoms. The van der Waals surface area contributed by atoms with Gasteiger partial charge in [0.1, 0.15) is 0 Å². The van der Waals surface area contributed by atoms with Crippen molar-refractivity contribution in [1.82, 2.24) is 9.88 Å². The van der Waals surface area contributed by atoms with Gasteiger partial charge in [0.05, 0.1) is 22.2 Å². The van der Waals surface area contributed by atoms with Crippen molar-refractivity contribution in [3.05, 3.63) is 21.8 Å². The number of hydrogen-bond acceptors (Lipinski definition) is 6. The Bertz CT molecular complexity index is 672. The standard InChI is InChI=1S/C14H15Cl2N3O4S/c1-8-9(15)6-10(16)13(17-8)18-11(20)7-23-12(21)2-3-19-4-5-24-14(19)22/h6H,2-5,7H2,1H3,(H,17,18,20). The van der Waals surface area contributed by atoms with Crippen LogP contribution in [0.1, 0.15) is 12.1 Å². The number of nitrogens with one attached hydrogen (secondary N) is 1. The summed E-state index contributed by atoms with van der Waals surface area (Å²) in [6, 6.07) is 1.47. The van der Waals surface area contributed by atoms with Crippen LogP contribution in [0, 0.1) is 6.92 Å². The predicted octanol–water partition coefficient (Wildman–Crippen LogP) is 2.74. The topological polar surface area (TPSA) is 88.6 Å². The molecule has 1 aliphatic heterocycles. The number of amides is 2. The summed E-state index contributed by atoms with van der Waals surface area (Å²) in [4.78, 5) is 40.4. The number of pyridine rings is 1. The first-order chi connectivity index (χ1) is 11.4. The maximum atomic E-state index is 11.8. The highest BCUT2D eigenvalue weighted by Crippen LogP contribution is 2.25. The minimum absolute atomic E-state index is 0.0403. The highest BCUT2D eigenvalue weighted by Gasteiger charge is 2.21. The number of thioether (sulfide) groups is 1. The van der Waals surface area contributed by atoms with Gasteiger partial charge < -0.3 is 15.0 Å². The number of hydrogen-bond donors (Lipinski definition) is 1. The number of anilines is 1. The van der Waals surface area contributed by atoms with Gasteiger partial charge in [-0.05, 0) is 13.0 Å². The molecule has 0 spiro atoms. The van der Waals surface area contributed by atoms with Crippen LogP contribution >= 0.6 is 35.0 Å². The lowest BCUT2D eigenvalue weighted by atomic mass is 10.3. The zero-order valence-electron chi connectivity index (χ0n) is 12.8. The lowest BCUT2D eigenvalue weighted by Crippen LogP contribution is -2.28. The van der Waals surface area contributed by atoms with Gasteiger partial charge in [0.2, 0.25) is 0 Å². The number of nitrogens with zero attached hydrogens (tertiary/aromatic N) is 2. The first-order valence-corrected chi connectivity index (χ1v) is 8.81. The predicted molar refractivity (Wildman–Crippen MR) is 92.6 cm³/mol. The third-order valence-electron chi connectivity index (χ3n) is 3.16. The van der Waals surface area contributed by atoms with Crippen LogP contribution in [0.2, 0.25) is 10.0 Å². The van der Waals surface area contributed by atoms with Crippen molar-refractivity contribution in [2.24, 2.45) is 0 Å². The van der Waals surface area contributed by atoms with E-state index in [-0.39, 0.29) is 29.0 Å². The van der Waals surface area contributed by atoms with E-state index < -0.39 is 18.5 Å². The highest BCUT2D eigenvalue weighted by molar-refractivity contribution is 8.13. The van der Waals surface area contributed by atoms with Crippen molar-refractivity contribution < 1.29 is 19.1 Å². The van der Waals surface area contributed by atoms with Crippen molar-refractivity contribution in [3.63, 3.8) is 0 Å². The fourth-order valence-electron chi connectivity index (χ4n) is 1.89. The number of esters is 1. The molecule has 0 aliphatic carbocycles. The number of ether oxygens (including phenoxy) is 1. The van der Waals surface area contributed by atoms with E-state index in [1.807, 2.05) is 0 Å². The number of carbonyl (C=O) groups is 3. The van der Waals surface area contributed by atoms with Gasteiger partial charge in [0.25, 0.3) is 11.1 Å². The van der Waals surface area contributed by atoms with E-state index >= 15 is 0 Å². The van der Waals surface area contributed by atoms with Crippen molar-refractivity contribution in [2.75, 3.05) is 30.8 Å². The van der Waals surface area contributed by atoms with E-state index in [0.29, 0.717) is 17.3 Å². The smallest absolute Gasteiger partial charge is 0.308 e. The molecule has 130 valence electrons. The Labute approximate surface area is 153 Å². The van der Waals surface area contributed by atoms with Crippen molar-refractivity contribution in [3.8, 4) is 0 Å². The number of rotatable bonds is 6. The molecule has 0 unspecified atom stereocenters. The molecule has 7 nitrogen and oxygen atoms in total. The molecule has 2 rings (SSSR count). The average Bonchev–Trinajstić information content (AvgIpc) is 2.94. The summed E-state index contributed by atoms with van der Waals surface area (Å²) in [6.45, 7) is 2.13. The van der Waals surface area contributed by atoms with Gasteiger partial charge in [-0.25, -0.2) is 4.98 Å². The zero-order chi connectivity index (χ0) is 17.7. The normalized spacial score (nSPS) is 14.0. The van der Waals surface area contributed by atoms with Crippen LogP contribution in [0.4, 0.5) is 10.6 Å². The molecular formula is C14H15Cl2N3O4S. The summed E-state index contributed by atoms with van der Waals surface area (Å²) in [7, 11) is 0. The van der Waals surface area contributed by atoms with E-state index in [4.69, 9.17) is 27.9 Å². The summed E-state index contributed by atoms with van der Waals surface area (Å²) < 4.78 is 4.87. The first kappa shape index (κ1) is 18.8. The minimum atomic E-state index is -0.563. The van der Waals surface area contributed by atoms with E-state index in [0.717, 1.165) is 5.75 Å². The lowest BCUT2D eigenvalue weighted by Gasteiger charge is -2.13. The fraction of sp³-hybridized carbons (Fsp3) is 0.429. The lowest BCUT2D eigenvalue weighted by molar-refractivity contribution is -0.147. The monoisotopic (exact) mass is 391 g/mol. The van der Waals surface area contributed by atoms with Crippen molar-refractivity contribution in [2.45, 2.75) is 13.3 Å². The van der Waals surface area contributed by atoms with Crippen LogP contribution in [0.25, 0.3) is 0 Å². The van der Waals surface area contributed by atoms with Crippen molar-refractivity contribution >= 4 is 57.9 Å². The van der Waals surface area contributed by atoms with Crippen LogP contribution in [0.5, 0.6) is 0 Å². The number of aromatic nitrogens is 1. The molecule has 2 amide bonds. The summed E-state index contributed by atoms with van der Waals surface area (Å²) >= 11 is 13.0. The Kier molecular flexibility index (Phi) is 6.70. The molecule has 10 heteroatoms. The Morgan fingerprint density at radius 3 is 2.83 bits per heavy atom. The molecule has 1 aromatic heterocycles.